The van der Waals surface area contributed by atoms with Crippen molar-refractivity contribution in [3.05, 3.63) is 41.7 Å². The van der Waals surface area contributed by atoms with Crippen molar-refractivity contribution in [3.63, 3.8) is 0 Å². The molecule has 0 spiro atoms. The molecule has 3 rings (SSSR count). The lowest BCUT2D eigenvalue weighted by molar-refractivity contribution is 0.0951. The molecule has 0 fully saturated rings. The standard InChI is InChI=1S/C12H11N5OS/c18-12(13-5-6-17-15-3-4-16-17)9-1-2-10-11(7-9)19-8-14-10/h1-4,7-8H,5-6H2,(H,13,18). The van der Waals surface area contributed by atoms with Crippen molar-refractivity contribution in [2.75, 3.05) is 6.54 Å². The Bertz CT molecular complexity index is 691. The Morgan fingerprint density at radius 2 is 2.16 bits per heavy atom. The molecule has 0 saturated heterocycles. The largest absolute Gasteiger partial charge is 0.350 e. The third-order valence-electron chi connectivity index (χ3n) is 2.66. The zero-order chi connectivity index (χ0) is 13.1. The minimum absolute atomic E-state index is 0.0949. The summed E-state index contributed by atoms with van der Waals surface area (Å²) in [6.45, 7) is 1.05. The quantitative estimate of drug-likeness (QED) is 0.778. The topological polar surface area (TPSA) is 72.7 Å². The molecule has 0 aliphatic rings. The maximum absolute atomic E-state index is 12.0. The number of carbonyl (C=O) groups excluding carboxylic acids is 1. The fraction of sp³-hybridized carbons (Fsp3) is 0.167. The van der Waals surface area contributed by atoms with E-state index in [9.17, 15) is 4.79 Å². The van der Waals surface area contributed by atoms with Crippen LogP contribution >= 0.6 is 11.3 Å². The van der Waals surface area contributed by atoms with Gasteiger partial charge in [-0.25, -0.2) is 4.98 Å². The molecule has 0 saturated carbocycles. The van der Waals surface area contributed by atoms with Gasteiger partial charge in [0, 0.05) is 12.1 Å². The monoisotopic (exact) mass is 273 g/mol. The van der Waals surface area contributed by atoms with Gasteiger partial charge >= 0.3 is 0 Å². The number of nitrogens with one attached hydrogen (secondary N) is 1. The summed E-state index contributed by atoms with van der Waals surface area (Å²) in [5, 5.41) is 10.8. The molecule has 0 aliphatic heterocycles. The van der Waals surface area contributed by atoms with E-state index in [0.29, 0.717) is 18.7 Å². The first-order valence-corrected chi connectivity index (χ1v) is 6.66. The third-order valence-corrected chi connectivity index (χ3v) is 3.45. The van der Waals surface area contributed by atoms with Crippen LogP contribution in [0.15, 0.2) is 36.1 Å². The van der Waals surface area contributed by atoms with E-state index in [2.05, 4.69) is 20.5 Å². The summed E-state index contributed by atoms with van der Waals surface area (Å²) in [5.74, 6) is -0.0949. The summed E-state index contributed by atoms with van der Waals surface area (Å²) in [6, 6.07) is 5.49. The van der Waals surface area contributed by atoms with Gasteiger partial charge in [-0.15, -0.1) is 11.3 Å². The number of nitrogens with zero attached hydrogens (tertiary/aromatic N) is 4. The van der Waals surface area contributed by atoms with Gasteiger partial charge in [0.1, 0.15) is 0 Å². The number of fused-ring (bicyclic) bond motifs is 1. The predicted molar refractivity (Wildman–Crippen MR) is 72.0 cm³/mol. The van der Waals surface area contributed by atoms with Gasteiger partial charge in [-0.2, -0.15) is 15.0 Å². The fourth-order valence-corrected chi connectivity index (χ4v) is 2.44. The molecule has 6 nitrogen and oxygen atoms in total. The lowest BCUT2D eigenvalue weighted by Crippen LogP contribution is -2.27. The molecule has 0 radical (unpaired) electrons. The smallest absolute Gasteiger partial charge is 0.251 e. The van der Waals surface area contributed by atoms with Gasteiger partial charge < -0.3 is 5.32 Å². The van der Waals surface area contributed by atoms with Crippen LogP contribution in [0.5, 0.6) is 0 Å². The number of amides is 1. The van der Waals surface area contributed by atoms with Crippen molar-refractivity contribution in [2.24, 2.45) is 0 Å². The summed E-state index contributed by atoms with van der Waals surface area (Å²) in [7, 11) is 0. The maximum Gasteiger partial charge on any atom is 0.251 e. The van der Waals surface area contributed by atoms with Crippen LogP contribution < -0.4 is 5.32 Å². The minimum Gasteiger partial charge on any atom is -0.350 e. The van der Waals surface area contributed by atoms with E-state index in [0.717, 1.165) is 10.2 Å². The van der Waals surface area contributed by atoms with E-state index in [4.69, 9.17) is 0 Å². The van der Waals surface area contributed by atoms with E-state index >= 15 is 0 Å². The molecule has 1 N–H and O–H groups in total. The highest BCUT2D eigenvalue weighted by Crippen LogP contribution is 2.18. The molecule has 3 aromatic rings. The predicted octanol–water partition coefficient (Wildman–Crippen LogP) is 1.32. The summed E-state index contributed by atoms with van der Waals surface area (Å²) >= 11 is 1.53. The number of hydrogen-bond donors (Lipinski definition) is 1. The van der Waals surface area contributed by atoms with Gasteiger partial charge in [-0.1, -0.05) is 0 Å². The summed E-state index contributed by atoms with van der Waals surface area (Å²) < 4.78 is 1.02. The number of rotatable bonds is 4. The first kappa shape index (κ1) is 11.8. The minimum atomic E-state index is -0.0949. The molecular formula is C12H11N5OS. The summed E-state index contributed by atoms with van der Waals surface area (Å²) in [4.78, 5) is 17.7. The molecule has 96 valence electrons. The Kier molecular flexibility index (Phi) is 3.20. The van der Waals surface area contributed by atoms with Crippen LogP contribution in [0.25, 0.3) is 10.2 Å². The Morgan fingerprint density at radius 3 is 3.00 bits per heavy atom. The summed E-state index contributed by atoms with van der Waals surface area (Å²) in [5.41, 5.74) is 3.34. The van der Waals surface area contributed by atoms with Gasteiger partial charge in [0.15, 0.2) is 0 Å². The van der Waals surface area contributed by atoms with Crippen molar-refractivity contribution < 1.29 is 4.79 Å². The Hall–Kier alpha value is -2.28. The molecule has 19 heavy (non-hydrogen) atoms. The van der Waals surface area contributed by atoms with Crippen molar-refractivity contribution in [1.82, 2.24) is 25.3 Å². The molecule has 1 aromatic carbocycles. The zero-order valence-electron chi connectivity index (χ0n) is 9.98. The van der Waals surface area contributed by atoms with Crippen LogP contribution in [0.1, 0.15) is 10.4 Å². The van der Waals surface area contributed by atoms with Crippen LogP contribution in [0.3, 0.4) is 0 Å². The molecule has 0 unspecified atom stereocenters. The lowest BCUT2D eigenvalue weighted by atomic mass is 10.2. The van der Waals surface area contributed by atoms with E-state index in [1.807, 2.05) is 12.1 Å². The molecule has 1 amide bonds. The second kappa shape index (κ2) is 5.15. The Labute approximate surface area is 113 Å². The lowest BCUT2D eigenvalue weighted by Gasteiger charge is -2.04. The van der Waals surface area contributed by atoms with Gasteiger partial charge in [0.25, 0.3) is 5.91 Å². The molecule has 0 bridgehead atoms. The molecule has 2 aromatic heterocycles. The Balaban J connectivity index is 1.63. The van der Waals surface area contributed by atoms with E-state index in [1.54, 1.807) is 24.0 Å². The molecule has 7 heteroatoms. The van der Waals surface area contributed by atoms with Crippen LogP contribution in [-0.4, -0.2) is 32.4 Å². The van der Waals surface area contributed by atoms with Gasteiger partial charge in [-0.05, 0) is 18.2 Å². The van der Waals surface area contributed by atoms with Crippen molar-refractivity contribution >= 4 is 27.5 Å². The highest BCUT2D eigenvalue weighted by molar-refractivity contribution is 7.16. The van der Waals surface area contributed by atoms with Crippen LogP contribution in [0, 0.1) is 0 Å². The second-order valence-corrected chi connectivity index (χ2v) is 4.80. The molecule has 2 heterocycles. The van der Waals surface area contributed by atoms with E-state index in [-0.39, 0.29) is 5.91 Å². The SMILES string of the molecule is O=C(NCCn1nccn1)c1ccc2ncsc2c1. The van der Waals surface area contributed by atoms with E-state index < -0.39 is 0 Å². The highest BCUT2D eigenvalue weighted by atomic mass is 32.1. The van der Waals surface area contributed by atoms with Crippen LogP contribution in [-0.2, 0) is 6.54 Å². The number of thiazole rings is 1. The zero-order valence-corrected chi connectivity index (χ0v) is 10.8. The van der Waals surface area contributed by atoms with Crippen molar-refractivity contribution in [1.29, 1.82) is 0 Å². The average Bonchev–Trinajstić information content (AvgIpc) is 3.08. The molecule has 0 atom stereocenters. The van der Waals surface area contributed by atoms with Crippen molar-refractivity contribution in [2.45, 2.75) is 6.54 Å². The number of benzene rings is 1. The highest BCUT2D eigenvalue weighted by Gasteiger charge is 2.07. The van der Waals surface area contributed by atoms with E-state index in [1.165, 1.54) is 16.1 Å². The van der Waals surface area contributed by atoms with Crippen LogP contribution in [0.4, 0.5) is 0 Å². The third kappa shape index (κ3) is 2.60. The van der Waals surface area contributed by atoms with Crippen molar-refractivity contribution in [3.8, 4) is 0 Å². The van der Waals surface area contributed by atoms with Gasteiger partial charge in [0.05, 0.1) is 34.7 Å². The normalized spacial score (nSPS) is 10.7. The Morgan fingerprint density at radius 1 is 1.32 bits per heavy atom. The molecular weight excluding hydrogens is 262 g/mol. The first-order valence-electron chi connectivity index (χ1n) is 5.78. The van der Waals surface area contributed by atoms with Gasteiger partial charge in [0.2, 0.25) is 0 Å². The van der Waals surface area contributed by atoms with Gasteiger partial charge in [-0.3, -0.25) is 4.79 Å². The summed E-state index contributed by atoms with van der Waals surface area (Å²) in [6.07, 6.45) is 3.22. The number of aromatic nitrogens is 4. The number of carbonyl (C=O) groups is 1. The second-order valence-electron chi connectivity index (χ2n) is 3.92. The first-order chi connectivity index (χ1) is 9.33. The number of hydrogen-bond acceptors (Lipinski definition) is 5. The maximum atomic E-state index is 12.0. The average molecular weight is 273 g/mol. The van der Waals surface area contributed by atoms with Crippen LogP contribution in [0.2, 0.25) is 0 Å². The fourth-order valence-electron chi connectivity index (χ4n) is 1.73. The molecule has 0 aliphatic carbocycles.